The fourth-order valence-electron chi connectivity index (χ4n) is 3.48. The van der Waals surface area contributed by atoms with Crippen LogP contribution in [0.4, 0.5) is 15.2 Å². The van der Waals surface area contributed by atoms with Gasteiger partial charge in [-0.25, -0.2) is 13.9 Å². The summed E-state index contributed by atoms with van der Waals surface area (Å²) >= 11 is 1.50. The molecule has 0 spiro atoms. The molecule has 148 valence electrons. The van der Waals surface area contributed by atoms with Crippen LogP contribution in [-0.2, 0) is 11.3 Å². The number of nitrogens with one attached hydrogen (secondary N) is 1. The Bertz CT molecular complexity index is 1090. The molecular weight excluding hydrogens is 389 g/mol. The molecule has 1 fully saturated rings. The van der Waals surface area contributed by atoms with Crippen molar-refractivity contribution in [2.75, 3.05) is 36.5 Å². The van der Waals surface area contributed by atoms with E-state index in [9.17, 15) is 4.39 Å². The van der Waals surface area contributed by atoms with Crippen molar-refractivity contribution in [2.24, 2.45) is 0 Å². The Balaban J connectivity index is 1.31. The Kier molecular flexibility index (Phi) is 4.87. The van der Waals surface area contributed by atoms with Crippen LogP contribution in [-0.4, -0.2) is 40.9 Å². The molecule has 3 heterocycles. The highest BCUT2D eigenvalue weighted by molar-refractivity contribution is 7.20. The zero-order valence-corrected chi connectivity index (χ0v) is 16.5. The average molecular weight is 409 g/mol. The number of nitrogens with zero attached hydrogens (tertiary/aromatic N) is 4. The van der Waals surface area contributed by atoms with Gasteiger partial charge in [0.15, 0.2) is 0 Å². The Hall–Kier alpha value is -2.97. The lowest BCUT2D eigenvalue weighted by Gasteiger charge is -2.30. The van der Waals surface area contributed by atoms with Gasteiger partial charge in [0.25, 0.3) is 0 Å². The van der Waals surface area contributed by atoms with Crippen LogP contribution in [0.15, 0.2) is 54.7 Å². The predicted octanol–water partition coefficient (Wildman–Crippen LogP) is 4.05. The quantitative estimate of drug-likeness (QED) is 0.539. The van der Waals surface area contributed by atoms with E-state index < -0.39 is 0 Å². The monoisotopic (exact) mass is 409 g/mol. The van der Waals surface area contributed by atoms with Gasteiger partial charge in [-0.15, -0.1) is 5.10 Å². The number of para-hydroxylation sites is 1. The largest absolute Gasteiger partial charge is 0.378 e. The Morgan fingerprint density at radius 1 is 1.07 bits per heavy atom. The first-order valence-electron chi connectivity index (χ1n) is 9.53. The standard InChI is InChI=1S/C21H20FN5OS/c22-17-7-5-15(6-8-17)18-14-27-21(24-18)29-20(25-27)23-13-16-3-1-2-4-19(16)26-9-11-28-12-10-26/h1-8,14H,9-13H2,(H,23,25). The van der Waals surface area contributed by atoms with Gasteiger partial charge in [0.1, 0.15) is 5.82 Å². The van der Waals surface area contributed by atoms with E-state index in [1.54, 1.807) is 16.6 Å². The number of benzene rings is 2. The molecule has 1 N–H and O–H groups in total. The maximum atomic E-state index is 13.1. The molecule has 8 heteroatoms. The Labute approximate surface area is 171 Å². The summed E-state index contributed by atoms with van der Waals surface area (Å²) in [6, 6.07) is 14.8. The van der Waals surface area contributed by atoms with Gasteiger partial charge in [-0.2, -0.15) is 0 Å². The molecule has 2 aromatic heterocycles. The minimum atomic E-state index is -0.253. The van der Waals surface area contributed by atoms with Crippen LogP contribution in [0.25, 0.3) is 16.2 Å². The molecule has 0 bridgehead atoms. The number of hydrogen-bond donors (Lipinski definition) is 1. The molecule has 29 heavy (non-hydrogen) atoms. The molecule has 0 aliphatic carbocycles. The number of aromatic nitrogens is 3. The lowest BCUT2D eigenvalue weighted by atomic mass is 10.1. The summed E-state index contributed by atoms with van der Waals surface area (Å²) in [4.78, 5) is 7.78. The molecule has 0 radical (unpaired) electrons. The van der Waals surface area contributed by atoms with E-state index in [0.717, 1.165) is 47.7 Å². The number of hydrogen-bond acceptors (Lipinski definition) is 6. The van der Waals surface area contributed by atoms with Gasteiger partial charge in [-0.1, -0.05) is 29.5 Å². The zero-order chi connectivity index (χ0) is 19.6. The fourth-order valence-corrected chi connectivity index (χ4v) is 4.25. The molecule has 5 rings (SSSR count). The summed E-state index contributed by atoms with van der Waals surface area (Å²) in [7, 11) is 0. The summed E-state index contributed by atoms with van der Waals surface area (Å²) < 4.78 is 20.4. The first-order chi connectivity index (χ1) is 14.3. The number of ether oxygens (including phenoxy) is 1. The van der Waals surface area contributed by atoms with Crippen molar-refractivity contribution in [1.82, 2.24) is 14.6 Å². The van der Waals surface area contributed by atoms with Crippen LogP contribution in [0.2, 0.25) is 0 Å². The van der Waals surface area contributed by atoms with Crippen molar-refractivity contribution in [3.05, 3.63) is 66.1 Å². The third-order valence-corrected chi connectivity index (χ3v) is 5.84. The van der Waals surface area contributed by atoms with Gasteiger partial charge in [0, 0.05) is 30.9 Å². The lowest BCUT2D eigenvalue weighted by Crippen LogP contribution is -2.36. The number of rotatable bonds is 5. The number of imidazole rings is 1. The normalized spacial score (nSPS) is 14.4. The van der Waals surface area contributed by atoms with Crippen LogP contribution in [0.3, 0.4) is 0 Å². The second kappa shape index (κ2) is 7.81. The van der Waals surface area contributed by atoms with E-state index in [0.29, 0.717) is 6.54 Å². The van der Waals surface area contributed by atoms with Crippen molar-refractivity contribution >= 4 is 27.1 Å². The molecule has 4 aromatic rings. The highest BCUT2D eigenvalue weighted by atomic mass is 32.1. The summed E-state index contributed by atoms with van der Waals surface area (Å²) in [5.74, 6) is -0.253. The highest BCUT2D eigenvalue weighted by Crippen LogP contribution is 2.26. The van der Waals surface area contributed by atoms with Crippen LogP contribution < -0.4 is 10.2 Å². The third-order valence-electron chi connectivity index (χ3n) is 4.96. The Morgan fingerprint density at radius 2 is 1.86 bits per heavy atom. The van der Waals surface area contributed by atoms with Gasteiger partial charge in [0.2, 0.25) is 10.1 Å². The number of morpholine rings is 1. The molecule has 1 aliphatic heterocycles. The van der Waals surface area contributed by atoms with Crippen LogP contribution in [0.1, 0.15) is 5.56 Å². The second-order valence-corrected chi connectivity index (χ2v) is 7.81. The maximum absolute atomic E-state index is 13.1. The Morgan fingerprint density at radius 3 is 2.66 bits per heavy atom. The van der Waals surface area contributed by atoms with E-state index in [4.69, 9.17) is 4.74 Å². The van der Waals surface area contributed by atoms with E-state index in [1.807, 2.05) is 6.20 Å². The van der Waals surface area contributed by atoms with E-state index in [2.05, 4.69) is 44.6 Å². The van der Waals surface area contributed by atoms with Crippen molar-refractivity contribution < 1.29 is 9.13 Å². The second-order valence-electron chi connectivity index (χ2n) is 6.85. The van der Waals surface area contributed by atoms with Crippen LogP contribution >= 0.6 is 11.3 Å². The van der Waals surface area contributed by atoms with Gasteiger partial charge < -0.3 is 15.0 Å². The highest BCUT2D eigenvalue weighted by Gasteiger charge is 2.15. The van der Waals surface area contributed by atoms with Gasteiger partial charge in [-0.05, 0) is 35.9 Å². The van der Waals surface area contributed by atoms with Crippen molar-refractivity contribution in [3.63, 3.8) is 0 Å². The smallest absolute Gasteiger partial charge is 0.214 e. The summed E-state index contributed by atoms with van der Waals surface area (Å²) in [5.41, 5.74) is 4.13. The maximum Gasteiger partial charge on any atom is 0.214 e. The van der Waals surface area contributed by atoms with E-state index in [-0.39, 0.29) is 5.82 Å². The van der Waals surface area contributed by atoms with Gasteiger partial charge in [0.05, 0.1) is 25.1 Å². The van der Waals surface area contributed by atoms with Crippen molar-refractivity contribution in [3.8, 4) is 11.3 Å². The van der Waals surface area contributed by atoms with Crippen LogP contribution in [0.5, 0.6) is 0 Å². The molecule has 0 atom stereocenters. The fraction of sp³-hybridized carbons (Fsp3) is 0.238. The number of halogens is 1. The summed E-state index contributed by atoms with van der Waals surface area (Å²) in [5, 5.41) is 8.82. The predicted molar refractivity (Wildman–Crippen MR) is 113 cm³/mol. The van der Waals surface area contributed by atoms with E-state index in [1.165, 1.54) is 34.7 Å². The summed E-state index contributed by atoms with van der Waals surface area (Å²) in [6.45, 7) is 4.04. The molecule has 1 saturated heterocycles. The van der Waals surface area contributed by atoms with Crippen molar-refractivity contribution in [1.29, 1.82) is 0 Å². The topological polar surface area (TPSA) is 54.7 Å². The SMILES string of the molecule is Fc1ccc(-c2cn3nc(NCc4ccccc4N4CCOCC4)sc3n2)cc1. The molecule has 6 nitrogen and oxygen atoms in total. The lowest BCUT2D eigenvalue weighted by molar-refractivity contribution is 0.122. The minimum absolute atomic E-state index is 0.253. The summed E-state index contributed by atoms with van der Waals surface area (Å²) in [6.07, 6.45) is 1.87. The van der Waals surface area contributed by atoms with Gasteiger partial charge >= 0.3 is 0 Å². The molecule has 2 aromatic carbocycles. The molecule has 0 saturated carbocycles. The number of fused-ring (bicyclic) bond motifs is 1. The molecule has 1 aliphatic rings. The molecule has 0 amide bonds. The number of anilines is 2. The molecule has 0 unspecified atom stereocenters. The van der Waals surface area contributed by atoms with Gasteiger partial charge in [-0.3, -0.25) is 0 Å². The molecular formula is C21H20FN5OS. The minimum Gasteiger partial charge on any atom is -0.378 e. The van der Waals surface area contributed by atoms with E-state index >= 15 is 0 Å². The first kappa shape index (κ1) is 18.1. The van der Waals surface area contributed by atoms with Crippen molar-refractivity contribution in [2.45, 2.75) is 6.54 Å². The zero-order valence-electron chi connectivity index (χ0n) is 15.7. The van der Waals surface area contributed by atoms with Crippen LogP contribution in [0, 0.1) is 5.82 Å². The third kappa shape index (κ3) is 3.81. The average Bonchev–Trinajstić information content (AvgIpc) is 3.33. The first-order valence-corrected chi connectivity index (χ1v) is 10.3.